The minimum Gasteiger partial charge on any atom is -0.490 e. The molecule has 0 amide bonds. The quantitative estimate of drug-likeness (QED) is 0.738. The largest absolute Gasteiger partial charge is 0.490 e. The molecule has 0 aromatic heterocycles. The summed E-state index contributed by atoms with van der Waals surface area (Å²) < 4.78 is 10.9. The minimum absolute atomic E-state index is 0.0156. The first-order chi connectivity index (χ1) is 8.63. The Morgan fingerprint density at radius 1 is 1.22 bits per heavy atom. The molecule has 0 aliphatic carbocycles. The lowest BCUT2D eigenvalue weighted by molar-refractivity contribution is 0.0926. The van der Waals surface area contributed by atoms with E-state index in [0.29, 0.717) is 29.9 Å². The Bertz CT molecular complexity index is 353. The Morgan fingerprint density at radius 3 is 2.61 bits per heavy atom. The first kappa shape index (κ1) is 15.3. The van der Waals surface area contributed by atoms with Crippen molar-refractivity contribution in [2.75, 3.05) is 19.8 Å². The molecular formula is C14H21ClO3. The van der Waals surface area contributed by atoms with Crippen LogP contribution in [0.1, 0.15) is 25.8 Å². The molecule has 0 unspecified atom stereocenters. The molecule has 18 heavy (non-hydrogen) atoms. The fraction of sp³-hybridized carbons (Fsp3) is 0.571. The first-order valence-electron chi connectivity index (χ1n) is 6.23. The maximum Gasteiger partial charge on any atom is 0.138 e. The van der Waals surface area contributed by atoms with E-state index in [2.05, 4.69) is 13.8 Å². The summed E-state index contributed by atoms with van der Waals surface area (Å²) in [5.41, 5.74) is 0.778. The number of ether oxygens (including phenoxy) is 2. The van der Waals surface area contributed by atoms with Gasteiger partial charge in [-0.1, -0.05) is 31.5 Å². The zero-order valence-corrected chi connectivity index (χ0v) is 11.7. The van der Waals surface area contributed by atoms with Crippen LogP contribution >= 0.6 is 11.6 Å². The van der Waals surface area contributed by atoms with Crippen molar-refractivity contribution >= 4 is 11.6 Å². The number of rotatable bonds is 8. The molecule has 102 valence electrons. The predicted octanol–water partition coefficient (Wildman–Crippen LogP) is 3.27. The zero-order valence-electron chi connectivity index (χ0n) is 11.0. The van der Waals surface area contributed by atoms with E-state index in [9.17, 15) is 0 Å². The molecule has 0 radical (unpaired) electrons. The maximum atomic E-state index is 8.95. The Morgan fingerprint density at radius 2 is 2.00 bits per heavy atom. The highest BCUT2D eigenvalue weighted by Crippen LogP contribution is 2.25. The van der Waals surface area contributed by atoms with Gasteiger partial charge in [-0.05, 0) is 30.0 Å². The first-order valence-corrected chi connectivity index (χ1v) is 6.61. The summed E-state index contributed by atoms with van der Waals surface area (Å²) >= 11 is 6.01. The van der Waals surface area contributed by atoms with Crippen LogP contribution in [0.2, 0.25) is 5.02 Å². The Labute approximate surface area is 114 Å². The second-order valence-electron chi connectivity index (χ2n) is 4.57. The van der Waals surface area contributed by atoms with Crippen molar-refractivity contribution in [2.45, 2.75) is 26.9 Å². The van der Waals surface area contributed by atoms with Crippen LogP contribution in [0.4, 0.5) is 0 Å². The van der Waals surface area contributed by atoms with Crippen molar-refractivity contribution in [2.24, 2.45) is 5.92 Å². The standard InChI is InChI=1S/C14H21ClO3/c1-11(2)5-6-17-7-8-18-14-4-3-12(10-16)9-13(14)15/h3-4,9,11,16H,5-8,10H2,1-2H3. The molecule has 0 spiro atoms. The molecule has 4 heteroatoms. The number of hydrogen-bond donors (Lipinski definition) is 1. The van der Waals surface area contributed by atoms with E-state index in [0.717, 1.165) is 18.6 Å². The highest BCUT2D eigenvalue weighted by atomic mass is 35.5. The topological polar surface area (TPSA) is 38.7 Å². The normalized spacial score (nSPS) is 10.9. The summed E-state index contributed by atoms with van der Waals surface area (Å²) in [6.45, 7) is 6.13. The van der Waals surface area contributed by atoms with Crippen LogP contribution in [0.5, 0.6) is 5.75 Å². The van der Waals surface area contributed by atoms with E-state index >= 15 is 0 Å². The van der Waals surface area contributed by atoms with Crippen molar-refractivity contribution in [1.29, 1.82) is 0 Å². The summed E-state index contributed by atoms with van der Waals surface area (Å²) in [6, 6.07) is 5.26. The molecule has 0 saturated heterocycles. The molecule has 0 bridgehead atoms. The van der Waals surface area contributed by atoms with E-state index in [1.165, 1.54) is 0 Å². The van der Waals surface area contributed by atoms with E-state index in [4.69, 9.17) is 26.2 Å². The van der Waals surface area contributed by atoms with Gasteiger partial charge in [-0.25, -0.2) is 0 Å². The molecule has 1 aromatic carbocycles. The third kappa shape index (κ3) is 5.71. The van der Waals surface area contributed by atoms with Crippen LogP contribution in [-0.4, -0.2) is 24.9 Å². The Kier molecular flexibility index (Phi) is 7.09. The predicted molar refractivity (Wildman–Crippen MR) is 73.1 cm³/mol. The van der Waals surface area contributed by atoms with E-state index in [1.807, 2.05) is 0 Å². The monoisotopic (exact) mass is 272 g/mol. The zero-order chi connectivity index (χ0) is 13.4. The fourth-order valence-electron chi connectivity index (χ4n) is 1.39. The molecule has 0 fully saturated rings. The molecule has 0 aliphatic heterocycles. The third-order valence-electron chi connectivity index (χ3n) is 2.50. The second-order valence-corrected chi connectivity index (χ2v) is 4.97. The molecule has 0 heterocycles. The van der Waals surface area contributed by atoms with Crippen LogP contribution in [0.25, 0.3) is 0 Å². The van der Waals surface area contributed by atoms with Gasteiger partial charge in [-0.2, -0.15) is 0 Å². The van der Waals surface area contributed by atoms with E-state index in [-0.39, 0.29) is 6.61 Å². The second kappa shape index (κ2) is 8.35. The van der Waals surface area contributed by atoms with Crippen LogP contribution in [0.3, 0.4) is 0 Å². The highest BCUT2D eigenvalue weighted by Gasteiger charge is 2.02. The van der Waals surface area contributed by atoms with Crippen LogP contribution in [0.15, 0.2) is 18.2 Å². The van der Waals surface area contributed by atoms with Gasteiger partial charge in [0.1, 0.15) is 12.4 Å². The van der Waals surface area contributed by atoms with Gasteiger partial charge in [0, 0.05) is 6.61 Å². The molecular weight excluding hydrogens is 252 g/mol. The van der Waals surface area contributed by atoms with Gasteiger partial charge in [-0.3, -0.25) is 0 Å². The maximum absolute atomic E-state index is 8.95. The van der Waals surface area contributed by atoms with Gasteiger partial charge in [0.15, 0.2) is 0 Å². The Hall–Kier alpha value is -0.770. The number of halogens is 1. The van der Waals surface area contributed by atoms with Gasteiger partial charge >= 0.3 is 0 Å². The van der Waals surface area contributed by atoms with Gasteiger partial charge in [0.25, 0.3) is 0 Å². The average Bonchev–Trinajstić information content (AvgIpc) is 2.34. The molecule has 3 nitrogen and oxygen atoms in total. The van der Waals surface area contributed by atoms with Crippen LogP contribution < -0.4 is 4.74 Å². The van der Waals surface area contributed by atoms with Crippen LogP contribution in [-0.2, 0) is 11.3 Å². The molecule has 1 aromatic rings. The lowest BCUT2D eigenvalue weighted by Crippen LogP contribution is -2.08. The van der Waals surface area contributed by atoms with Gasteiger partial charge in [0.2, 0.25) is 0 Å². The average molecular weight is 273 g/mol. The van der Waals surface area contributed by atoms with Crippen molar-refractivity contribution in [1.82, 2.24) is 0 Å². The molecule has 1 N–H and O–H groups in total. The van der Waals surface area contributed by atoms with Crippen molar-refractivity contribution in [3.8, 4) is 5.75 Å². The van der Waals surface area contributed by atoms with Crippen molar-refractivity contribution in [3.63, 3.8) is 0 Å². The summed E-state index contributed by atoms with van der Waals surface area (Å²) in [5.74, 6) is 1.28. The van der Waals surface area contributed by atoms with Crippen molar-refractivity contribution < 1.29 is 14.6 Å². The van der Waals surface area contributed by atoms with Gasteiger partial charge < -0.3 is 14.6 Å². The summed E-state index contributed by atoms with van der Waals surface area (Å²) in [7, 11) is 0. The lowest BCUT2D eigenvalue weighted by atomic mass is 10.1. The summed E-state index contributed by atoms with van der Waals surface area (Å²) in [5, 5.41) is 9.47. The third-order valence-corrected chi connectivity index (χ3v) is 2.80. The van der Waals surface area contributed by atoms with E-state index in [1.54, 1.807) is 18.2 Å². The van der Waals surface area contributed by atoms with Crippen LogP contribution in [0, 0.1) is 5.92 Å². The summed E-state index contributed by atoms with van der Waals surface area (Å²) in [6.07, 6.45) is 1.06. The SMILES string of the molecule is CC(C)CCOCCOc1ccc(CO)cc1Cl. The molecule has 1 rings (SSSR count). The van der Waals surface area contributed by atoms with E-state index < -0.39 is 0 Å². The molecule has 0 aliphatic rings. The molecule has 0 saturated carbocycles. The number of benzene rings is 1. The Balaban J connectivity index is 2.23. The minimum atomic E-state index is -0.0156. The highest BCUT2D eigenvalue weighted by molar-refractivity contribution is 6.32. The fourth-order valence-corrected chi connectivity index (χ4v) is 1.65. The number of aliphatic hydroxyl groups excluding tert-OH is 1. The number of hydrogen-bond acceptors (Lipinski definition) is 3. The van der Waals surface area contributed by atoms with Gasteiger partial charge in [0.05, 0.1) is 18.2 Å². The van der Waals surface area contributed by atoms with Crippen molar-refractivity contribution in [3.05, 3.63) is 28.8 Å². The van der Waals surface area contributed by atoms with Gasteiger partial charge in [-0.15, -0.1) is 0 Å². The number of aliphatic hydroxyl groups is 1. The summed E-state index contributed by atoms with van der Waals surface area (Å²) in [4.78, 5) is 0. The smallest absolute Gasteiger partial charge is 0.138 e. The lowest BCUT2D eigenvalue weighted by Gasteiger charge is -2.10. The molecule has 0 atom stereocenters.